The highest BCUT2D eigenvalue weighted by Gasteiger charge is 2.25. The predicted octanol–water partition coefficient (Wildman–Crippen LogP) is 0.781. The first kappa shape index (κ1) is 17.5. The first-order chi connectivity index (χ1) is 11.4. The van der Waals surface area contributed by atoms with Gasteiger partial charge >= 0.3 is 5.97 Å². The lowest BCUT2D eigenvalue weighted by molar-refractivity contribution is -0.137. The molecule has 0 aromatic heterocycles. The van der Waals surface area contributed by atoms with E-state index in [1.54, 1.807) is 12.1 Å². The summed E-state index contributed by atoms with van der Waals surface area (Å²) < 4.78 is 0. The number of rotatable bonds is 6. The molecule has 3 amide bonds. The van der Waals surface area contributed by atoms with Gasteiger partial charge in [-0.05, 0) is 30.7 Å². The normalized spacial score (nSPS) is 14.3. The SMILES string of the molecule is CCCN(CC(=O)O)C(=O)c1ccc(N2NC(=O)CCC2=O)cc1. The van der Waals surface area contributed by atoms with Gasteiger partial charge < -0.3 is 10.0 Å². The largest absolute Gasteiger partial charge is 0.480 e. The first-order valence-electron chi connectivity index (χ1n) is 7.66. The minimum Gasteiger partial charge on any atom is -0.480 e. The number of amides is 3. The molecule has 1 aromatic carbocycles. The Morgan fingerprint density at radius 3 is 2.46 bits per heavy atom. The number of hydrogen-bond acceptors (Lipinski definition) is 4. The maximum atomic E-state index is 12.4. The summed E-state index contributed by atoms with van der Waals surface area (Å²) in [4.78, 5) is 47.8. The van der Waals surface area contributed by atoms with Crippen molar-refractivity contribution in [1.29, 1.82) is 0 Å². The van der Waals surface area contributed by atoms with Crippen LogP contribution in [0.3, 0.4) is 0 Å². The minimum absolute atomic E-state index is 0.134. The maximum absolute atomic E-state index is 12.4. The van der Waals surface area contributed by atoms with Crippen molar-refractivity contribution >= 4 is 29.4 Å². The van der Waals surface area contributed by atoms with Gasteiger partial charge in [-0.15, -0.1) is 0 Å². The molecule has 0 atom stereocenters. The molecule has 24 heavy (non-hydrogen) atoms. The highest BCUT2D eigenvalue weighted by Crippen LogP contribution is 2.18. The third-order valence-corrected chi connectivity index (χ3v) is 3.53. The fourth-order valence-corrected chi connectivity index (χ4v) is 2.41. The summed E-state index contributed by atoms with van der Waals surface area (Å²) in [5, 5.41) is 10.1. The van der Waals surface area contributed by atoms with Crippen LogP contribution in [0, 0.1) is 0 Å². The molecule has 1 saturated heterocycles. The number of anilines is 1. The number of hydrogen-bond donors (Lipinski definition) is 2. The third-order valence-electron chi connectivity index (χ3n) is 3.53. The van der Waals surface area contributed by atoms with E-state index in [1.807, 2.05) is 6.92 Å². The molecule has 1 aliphatic rings. The summed E-state index contributed by atoms with van der Waals surface area (Å²) in [6, 6.07) is 6.11. The van der Waals surface area contributed by atoms with Crippen LogP contribution in [0.2, 0.25) is 0 Å². The summed E-state index contributed by atoms with van der Waals surface area (Å²) in [5.41, 5.74) is 3.24. The predicted molar refractivity (Wildman–Crippen MR) is 85.1 cm³/mol. The Morgan fingerprint density at radius 2 is 1.88 bits per heavy atom. The van der Waals surface area contributed by atoms with Gasteiger partial charge in [0.15, 0.2) is 0 Å². The molecule has 1 fully saturated rings. The highest BCUT2D eigenvalue weighted by molar-refractivity contribution is 6.02. The second-order valence-electron chi connectivity index (χ2n) is 5.43. The molecule has 0 aliphatic carbocycles. The summed E-state index contributed by atoms with van der Waals surface area (Å²) in [5.74, 6) is -1.94. The molecule has 8 nitrogen and oxygen atoms in total. The Balaban J connectivity index is 2.15. The molecule has 0 bridgehead atoms. The Labute approximate surface area is 139 Å². The highest BCUT2D eigenvalue weighted by atomic mass is 16.4. The van der Waals surface area contributed by atoms with E-state index >= 15 is 0 Å². The van der Waals surface area contributed by atoms with Crippen LogP contribution in [0.15, 0.2) is 24.3 Å². The molecule has 8 heteroatoms. The second-order valence-corrected chi connectivity index (χ2v) is 5.43. The number of carbonyl (C=O) groups is 4. The van der Waals surface area contributed by atoms with E-state index < -0.39 is 5.97 Å². The van der Waals surface area contributed by atoms with Gasteiger partial charge in [-0.2, -0.15) is 0 Å². The molecule has 128 valence electrons. The molecule has 2 N–H and O–H groups in total. The van der Waals surface area contributed by atoms with Crippen molar-refractivity contribution in [2.75, 3.05) is 18.1 Å². The molecule has 1 heterocycles. The number of nitrogens with one attached hydrogen (secondary N) is 1. The number of carboxylic acids is 1. The summed E-state index contributed by atoms with van der Waals surface area (Å²) in [6.45, 7) is 1.83. The van der Waals surface area contributed by atoms with Crippen molar-refractivity contribution in [3.8, 4) is 0 Å². The molecule has 0 spiro atoms. The average molecular weight is 333 g/mol. The van der Waals surface area contributed by atoms with Crippen molar-refractivity contribution in [2.24, 2.45) is 0 Å². The molecular weight excluding hydrogens is 314 g/mol. The van der Waals surface area contributed by atoms with Gasteiger partial charge in [0.25, 0.3) is 5.91 Å². The van der Waals surface area contributed by atoms with E-state index in [4.69, 9.17) is 5.11 Å². The zero-order chi connectivity index (χ0) is 17.7. The molecule has 0 radical (unpaired) electrons. The van der Waals surface area contributed by atoms with Crippen molar-refractivity contribution in [3.63, 3.8) is 0 Å². The van der Waals surface area contributed by atoms with Crippen LogP contribution in [-0.2, 0) is 14.4 Å². The van der Waals surface area contributed by atoms with Crippen molar-refractivity contribution in [3.05, 3.63) is 29.8 Å². The van der Waals surface area contributed by atoms with Gasteiger partial charge in [-0.3, -0.25) is 24.6 Å². The number of benzene rings is 1. The number of carbonyl (C=O) groups excluding carboxylic acids is 3. The first-order valence-corrected chi connectivity index (χ1v) is 7.66. The topological polar surface area (TPSA) is 107 Å². The Hall–Kier alpha value is -2.90. The van der Waals surface area contributed by atoms with Crippen molar-refractivity contribution in [2.45, 2.75) is 26.2 Å². The fraction of sp³-hybridized carbons (Fsp3) is 0.375. The lowest BCUT2D eigenvalue weighted by Crippen LogP contribution is -2.50. The number of nitrogens with zero attached hydrogens (tertiary/aromatic N) is 2. The molecule has 1 aromatic rings. The third kappa shape index (κ3) is 4.09. The number of aliphatic carboxylic acids is 1. The standard InChI is InChI=1S/C16H19N3O5/c1-2-9-18(10-15(22)23)16(24)11-3-5-12(6-4-11)19-14(21)8-7-13(20)17-19/h3-6H,2,7-10H2,1H3,(H,17,20)(H,22,23). The van der Waals surface area contributed by atoms with Crippen LogP contribution in [-0.4, -0.2) is 46.8 Å². The summed E-state index contributed by atoms with van der Waals surface area (Å²) in [7, 11) is 0. The van der Waals surface area contributed by atoms with E-state index in [0.717, 1.165) is 5.01 Å². The molecular formula is C16H19N3O5. The average Bonchev–Trinajstić information content (AvgIpc) is 2.56. The van der Waals surface area contributed by atoms with Crippen LogP contribution in [0.5, 0.6) is 0 Å². The zero-order valence-corrected chi connectivity index (χ0v) is 13.3. The molecule has 1 aliphatic heterocycles. The van der Waals surface area contributed by atoms with Crippen molar-refractivity contribution in [1.82, 2.24) is 10.3 Å². The lowest BCUT2D eigenvalue weighted by Gasteiger charge is -2.27. The Kier molecular flexibility index (Phi) is 5.51. The van der Waals surface area contributed by atoms with E-state index in [2.05, 4.69) is 5.43 Å². The second kappa shape index (κ2) is 7.58. The summed E-state index contributed by atoms with van der Waals surface area (Å²) in [6.07, 6.45) is 0.938. The molecule has 0 saturated carbocycles. The van der Waals surface area contributed by atoms with Gasteiger partial charge in [-0.1, -0.05) is 6.92 Å². The maximum Gasteiger partial charge on any atom is 0.323 e. The van der Waals surface area contributed by atoms with E-state index in [1.165, 1.54) is 17.0 Å². The molecule has 0 unspecified atom stereocenters. The Morgan fingerprint density at radius 1 is 1.21 bits per heavy atom. The van der Waals surface area contributed by atoms with Crippen LogP contribution >= 0.6 is 0 Å². The number of hydrazine groups is 1. The van der Waals surface area contributed by atoms with Crippen LogP contribution in [0.4, 0.5) is 5.69 Å². The monoisotopic (exact) mass is 333 g/mol. The van der Waals surface area contributed by atoms with E-state index in [-0.39, 0.29) is 37.1 Å². The van der Waals surface area contributed by atoms with Crippen LogP contribution < -0.4 is 10.4 Å². The quantitative estimate of drug-likeness (QED) is 0.800. The Bertz CT molecular complexity index is 656. The fourth-order valence-electron chi connectivity index (χ4n) is 2.41. The van der Waals surface area contributed by atoms with Crippen molar-refractivity contribution < 1.29 is 24.3 Å². The zero-order valence-electron chi connectivity index (χ0n) is 13.3. The lowest BCUT2D eigenvalue weighted by atomic mass is 10.1. The van der Waals surface area contributed by atoms with Gasteiger partial charge in [0.2, 0.25) is 11.8 Å². The van der Waals surface area contributed by atoms with E-state index in [0.29, 0.717) is 24.2 Å². The van der Waals surface area contributed by atoms with Crippen LogP contribution in [0.25, 0.3) is 0 Å². The van der Waals surface area contributed by atoms with Crippen LogP contribution in [0.1, 0.15) is 36.5 Å². The van der Waals surface area contributed by atoms with E-state index in [9.17, 15) is 19.2 Å². The molecule has 2 rings (SSSR count). The number of carboxylic acid groups (broad SMARTS) is 1. The van der Waals surface area contributed by atoms with Gasteiger partial charge in [0, 0.05) is 24.9 Å². The minimum atomic E-state index is -1.07. The summed E-state index contributed by atoms with van der Waals surface area (Å²) >= 11 is 0. The van der Waals surface area contributed by atoms with Gasteiger partial charge in [0.1, 0.15) is 6.54 Å². The van der Waals surface area contributed by atoms with Gasteiger partial charge in [-0.25, -0.2) is 5.01 Å². The van der Waals surface area contributed by atoms with Gasteiger partial charge in [0.05, 0.1) is 5.69 Å². The smallest absolute Gasteiger partial charge is 0.323 e.